The van der Waals surface area contributed by atoms with Gasteiger partial charge in [-0.2, -0.15) is 0 Å². The molecule has 0 aliphatic carbocycles. The lowest BCUT2D eigenvalue weighted by Gasteiger charge is -2.19. The van der Waals surface area contributed by atoms with Crippen LogP contribution in [-0.4, -0.2) is 41.7 Å². The summed E-state index contributed by atoms with van der Waals surface area (Å²) in [6, 6.07) is 6.07. The van der Waals surface area contributed by atoms with Gasteiger partial charge in [-0.3, -0.25) is 9.69 Å². The summed E-state index contributed by atoms with van der Waals surface area (Å²) < 4.78 is 6.98. The number of fused-ring (bicyclic) bond motifs is 1. The fourth-order valence-electron chi connectivity index (χ4n) is 2.88. The predicted molar refractivity (Wildman–Crippen MR) is 74.4 cm³/mol. The lowest BCUT2D eigenvalue weighted by Crippen LogP contribution is -2.33. The molecule has 1 aromatic carbocycles. The Morgan fingerprint density at radius 1 is 1.53 bits per heavy atom. The first-order valence-corrected chi connectivity index (χ1v) is 7.31. The third-order valence-corrected chi connectivity index (χ3v) is 4.34. The third kappa shape index (κ3) is 2.77. The molecule has 2 atom stereocenters. The van der Waals surface area contributed by atoms with E-state index in [0.29, 0.717) is 6.54 Å². The zero-order valence-electron chi connectivity index (χ0n) is 10.5. The molecule has 0 radical (unpaired) electrons. The molecular weight excluding hydrogens is 310 g/mol. The van der Waals surface area contributed by atoms with Gasteiger partial charge >= 0.3 is 5.97 Å². The molecule has 1 aromatic rings. The normalized spacial score (nSPS) is 26.2. The highest BCUT2D eigenvalue weighted by Gasteiger charge is 2.31. The number of aliphatic carboxylic acids is 1. The molecule has 2 heterocycles. The Bertz CT molecular complexity index is 505. The van der Waals surface area contributed by atoms with Gasteiger partial charge < -0.3 is 9.84 Å². The van der Waals surface area contributed by atoms with Crippen LogP contribution in [-0.2, 0) is 11.2 Å². The minimum atomic E-state index is -0.679. The highest BCUT2D eigenvalue weighted by molar-refractivity contribution is 9.10. The van der Waals surface area contributed by atoms with E-state index in [4.69, 9.17) is 9.84 Å². The Morgan fingerprint density at radius 2 is 2.37 bits per heavy atom. The van der Waals surface area contributed by atoms with E-state index < -0.39 is 5.97 Å². The van der Waals surface area contributed by atoms with Crippen LogP contribution in [0.15, 0.2) is 22.7 Å². The number of nitrogens with zero attached hydrogens (tertiary/aromatic N) is 1. The summed E-state index contributed by atoms with van der Waals surface area (Å²) in [5, 5.41) is 9.00. The van der Waals surface area contributed by atoms with E-state index in [0.717, 1.165) is 36.2 Å². The van der Waals surface area contributed by atoms with Crippen molar-refractivity contribution >= 4 is 21.9 Å². The summed E-state index contributed by atoms with van der Waals surface area (Å²) in [6.45, 7) is 2.32. The van der Waals surface area contributed by atoms with Crippen molar-refractivity contribution in [3.63, 3.8) is 0 Å². The molecule has 102 valence electrons. The van der Waals surface area contributed by atoms with Crippen molar-refractivity contribution in [3.8, 4) is 5.75 Å². The van der Waals surface area contributed by atoms with Crippen molar-refractivity contribution in [1.29, 1.82) is 0 Å². The summed E-state index contributed by atoms with van der Waals surface area (Å²) in [4.78, 5) is 13.1. The minimum Gasteiger partial charge on any atom is -0.488 e. The average molecular weight is 326 g/mol. The van der Waals surface area contributed by atoms with E-state index >= 15 is 0 Å². The SMILES string of the molecule is O=C(O)C1CCN(CC2Cc3cc(Br)ccc3O2)C1. The number of halogens is 1. The van der Waals surface area contributed by atoms with Crippen LogP contribution in [0.3, 0.4) is 0 Å². The van der Waals surface area contributed by atoms with Gasteiger partial charge in [0.25, 0.3) is 0 Å². The molecule has 19 heavy (non-hydrogen) atoms. The van der Waals surface area contributed by atoms with Crippen molar-refractivity contribution < 1.29 is 14.6 Å². The summed E-state index contributed by atoms with van der Waals surface area (Å²) >= 11 is 3.47. The summed E-state index contributed by atoms with van der Waals surface area (Å²) in [5.41, 5.74) is 1.23. The van der Waals surface area contributed by atoms with Gasteiger partial charge in [0.1, 0.15) is 11.9 Å². The van der Waals surface area contributed by atoms with Crippen molar-refractivity contribution in [2.24, 2.45) is 5.92 Å². The standard InChI is InChI=1S/C14H16BrNO3/c15-11-1-2-13-10(5-11)6-12(19-13)8-16-4-3-9(7-16)14(17)18/h1-2,5,9,12H,3-4,6-8H2,(H,17,18). The topological polar surface area (TPSA) is 49.8 Å². The van der Waals surface area contributed by atoms with Crippen LogP contribution < -0.4 is 4.74 Å². The number of rotatable bonds is 3. The molecule has 5 heteroatoms. The van der Waals surface area contributed by atoms with Crippen LogP contribution in [0.2, 0.25) is 0 Å². The fraction of sp³-hybridized carbons (Fsp3) is 0.500. The molecule has 1 saturated heterocycles. The fourth-order valence-corrected chi connectivity index (χ4v) is 3.29. The largest absolute Gasteiger partial charge is 0.488 e. The third-order valence-electron chi connectivity index (χ3n) is 3.85. The van der Waals surface area contributed by atoms with Crippen molar-refractivity contribution in [1.82, 2.24) is 4.90 Å². The van der Waals surface area contributed by atoms with Gasteiger partial charge in [-0.15, -0.1) is 0 Å². The molecule has 2 unspecified atom stereocenters. The van der Waals surface area contributed by atoms with Crippen molar-refractivity contribution in [2.45, 2.75) is 18.9 Å². The number of carbonyl (C=O) groups is 1. The first kappa shape index (κ1) is 12.9. The Balaban J connectivity index is 1.58. The quantitative estimate of drug-likeness (QED) is 0.925. The van der Waals surface area contributed by atoms with Gasteiger partial charge in [-0.1, -0.05) is 15.9 Å². The second-order valence-corrected chi connectivity index (χ2v) is 6.20. The average Bonchev–Trinajstić information content (AvgIpc) is 2.95. The van der Waals surface area contributed by atoms with E-state index in [9.17, 15) is 4.79 Å². The molecule has 0 amide bonds. The molecular formula is C14H16BrNO3. The van der Waals surface area contributed by atoms with Crippen LogP contribution in [0, 0.1) is 5.92 Å². The van der Waals surface area contributed by atoms with Gasteiger partial charge in [0.15, 0.2) is 0 Å². The lowest BCUT2D eigenvalue weighted by atomic mass is 10.1. The highest BCUT2D eigenvalue weighted by Crippen LogP contribution is 2.32. The number of ether oxygens (including phenoxy) is 1. The van der Waals surface area contributed by atoms with Gasteiger partial charge in [0.2, 0.25) is 0 Å². The first-order valence-electron chi connectivity index (χ1n) is 6.52. The molecule has 2 aliphatic rings. The van der Waals surface area contributed by atoms with Crippen LogP contribution in [0.25, 0.3) is 0 Å². The maximum atomic E-state index is 10.9. The Labute approximate surface area is 120 Å². The minimum absolute atomic E-state index is 0.150. The smallest absolute Gasteiger partial charge is 0.307 e. The Morgan fingerprint density at radius 3 is 3.11 bits per heavy atom. The van der Waals surface area contributed by atoms with Gasteiger partial charge in [0, 0.05) is 24.0 Å². The number of carboxylic acids is 1. The van der Waals surface area contributed by atoms with Crippen molar-refractivity contribution in [3.05, 3.63) is 28.2 Å². The van der Waals surface area contributed by atoms with Gasteiger partial charge in [-0.25, -0.2) is 0 Å². The van der Waals surface area contributed by atoms with E-state index in [1.807, 2.05) is 12.1 Å². The Kier molecular flexibility index (Phi) is 3.50. The summed E-state index contributed by atoms with van der Waals surface area (Å²) in [5.74, 6) is 0.0714. The van der Waals surface area contributed by atoms with Crippen LogP contribution >= 0.6 is 15.9 Å². The number of benzene rings is 1. The Hall–Kier alpha value is -1.07. The van der Waals surface area contributed by atoms with Crippen LogP contribution in [0.5, 0.6) is 5.75 Å². The first-order chi connectivity index (χ1) is 9.11. The van der Waals surface area contributed by atoms with E-state index in [2.05, 4.69) is 26.9 Å². The van der Waals surface area contributed by atoms with Gasteiger partial charge in [-0.05, 0) is 36.7 Å². The van der Waals surface area contributed by atoms with Gasteiger partial charge in [0.05, 0.1) is 5.92 Å². The van der Waals surface area contributed by atoms with Crippen molar-refractivity contribution in [2.75, 3.05) is 19.6 Å². The van der Waals surface area contributed by atoms with E-state index in [1.54, 1.807) is 0 Å². The number of carboxylic acid groups (broad SMARTS) is 1. The molecule has 4 nitrogen and oxygen atoms in total. The van der Waals surface area contributed by atoms with Crippen LogP contribution in [0.4, 0.5) is 0 Å². The second-order valence-electron chi connectivity index (χ2n) is 5.28. The molecule has 0 aromatic heterocycles. The van der Waals surface area contributed by atoms with E-state index in [-0.39, 0.29) is 12.0 Å². The number of hydrogen-bond acceptors (Lipinski definition) is 3. The molecule has 1 N–H and O–H groups in total. The molecule has 2 aliphatic heterocycles. The molecule has 1 fully saturated rings. The molecule has 3 rings (SSSR count). The maximum absolute atomic E-state index is 10.9. The zero-order chi connectivity index (χ0) is 13.4. The predicted octanol–water partition coefficient (Wildman–Crippen LogP) is 2.16. The number of likely N-dealkylation sites (tertiary alicyclic amines) is 1. The highest BCUT2D eigenvalue weighted by atomic mass is 79.9. The number of hydrogen-bond donors (Lipinski definition) is 1. The molecule has 0 bridgehead atoms. The molecule has 0 saturated carbocycles. The lowest BCUT2D eigenvalue weighted by molar-refractivity contribution is -0.141. The zero-order valence-corrected chi connectivity index (χ0v) is 12.1. The monoisotopic (exact) mass is 325 g/mol. The maximum Gasteiger partial charge on any atom is 0.307 e. The van der Waals surface area contributed by atoms with E-state index in [1.165, 1.54) is 5.56 Å². The van der Waals surface area contributed by atoms with Crippen LogP contribution in [0.1, 0.15) is 12.0 Å². The summed E-state index contributed by atoms with van der Waals surface area (Å²) in [6.07, 6.45) is 1.81. The second kappa shape index (κ2) is 5.13. The molecule has 0 spiro atoms. The summed E-state index contributed by atoms with van der Waals surface area (Å²) in [7, 11) is 0.